The van der Waals surface area contributed by atoms with Gasteiger partial charge in [-0.2, -0.15) is 0 Å². The predicted molar refractivity (Wildman–Crippen MR) is 39.6 cm³/mol. The van der Waals surface area contributed by atoms with Crippen LogP contribution in [0.1, 0.15) is 6.42 Å². The van der Waals surface area contributed by atoms with Gasteiger partial charge in [0.2, 0.25) is 11.8 Å². The van der Waals surface area contributed by atoms with Crippen LogP contribution in [0.3, 0.4) is 0 Å². The van der Waals surface area contributed by atoms with Crippen LogP contribution >= 0.6 is 0 Å². The summed E-state index contributed by atoms with van der Waals surface area (Å²) in [7, 11) is 0. The average Bonchev–Trinajstić information content (AvgIpc) is 2.28. The molecule has 1 fully saturated rings. The molecular formula is C7H9F2N2O2. The minimum atomic E-state index is -2.83. The fourth-order valence-electron chi connectivity index (χ4n) is 1.14. The molecule has 2 N–H and O–H groups in total. The van der Waals surface area contributed by atoms with E-state index in [-0.39, 0.29) is 13.0 Å². The lowest BCUT2D eigenvalue weighted by Gasteiger charge is -2.14. The topological polar surface area (TPSA) is 63.4 Å². The van der Waals surface area contributed by atoms with Gasteiger partial charge in [-0.15, -0.1) is 0 Å². The molecule has 1 aliphatic rings. The van der Waals surface area contributed by atoms with E-state index in [2.05, 4.69) is 0 Å². The highest BCUT2D eigenvalue weighted by atomic mass is 19.3. The van der Waals surface area contributed by atoms with E-state index in [0.29, 0.717) is 6.42 Å². The first-order chi connectivity index (χ1) is 5.91. The molecular weight excluding hydrogens is 182 g/mol. The number of nitrogens with zero attached hydrogens (tertiary/aromatic N) is 1. The van der Waals surface area contributed by atoms with Gasteiger partial charge in [0, 0.05) is 13.0 Å². The minimum Gasteiger partial charge on any atom is -0.369 e. The Morgan fingerprint density at radius 3 is 2.46 bits per heavy atom. The molecule has 1 heterocycles. The van der Waals surface area contributed by atoms with Crippen molar-refractivity contribution in [1.29, 1.82) is 0 Å². The summed E-state index contributed by atoms with van der Waals surface area (Å²) in [5.74, 6) is -4.49. The molecule has 0 aromatic rings. The van der Waals surface area contributed by atoms with Crippen molar-refractivity contribution in [2.45, 2.75) is 12.3 Å². The summed E-state index contributed by atoms with van der Waals surface area (Å²) >= 11 is 0. The zero-order valence-electron chi connectivity index (χ0n) is 6.80. The Morgan fingerprint density at radius 2 is 2.08 bits per heavy atom. The Bertz CT molecular complexity index is 243. The first-order valence-corrected chi connectivity index (χ1v) is 3.72. The number of carbonyl (C=O) groups is 2. The highest BCUT2D eigenvalue weighted by molar-refractivity contribution is 6.07. The maximum Gasteiger partial charge on any atom is 0.267 e. The van der Waals surface area contributed by atoms with E-state index >= 15 is 0 Å². The number of hydrogen-bond acceptors (Lipinski definition) is 2. The lowest BCUT2D eigenvalue weighted by atomic mass is 10.3. The van der Waals surface area contributed by atoms with Crippen LogP contribution < -0.4 is 5.73 Å². The molecule has 4 nitrogen and oxygen atoms in total. The fraction of sp³-hybridized carbons (Fsp3) is 0.571. The Kier molecular flexibility index (Phi) is 2.49. The van der Waals surface area contributed by atoms with E-state index in [1.807, 2.05) is 0 Å². The lowest BCUT2D eigenvalue weighted by Crippen LogP contribution is -2.34. The molecule has 0 saturated carbocycles. The second kappa shape index (κ2) is 3.27. The molecule has 1 rings (SSSR count). The van der Waals surface area contributed by atoms with Gasteiger partial charge < -0.3 is 10.6 Å². The van der Waals surface area contributed by atoms with Crippen molar-refractivity contribution < 1.29 is 18.4 Å². The largest absolute Gasteiger partial charge is 0.369 e. The number of halogens is 2. The van der Waals surface area contributed by atoms with E-state index in [1.165, 1.54) is 0 Å². The SMILES string of the molecule is NC(=O)[CH]C(=O)N1CCC(F)(F)C1. The van der Waals surface area contributed by atoms with Crippen molar-refractivity contribution in [2.24, 2.45) is 5.73 Å². The molecule has 2 amide bonds. The average molecular weight is 191 g/mol. The molecule has 0 unspecified atom stereocenters. The van der Waals surface area contributed by atoms with Gasteiger partial charge in [0.05, 0.1) is 6.54 Å². The summed E-state index contributed by atoms with van der Waals surface area (Å²) in [6.45, 7) is -0.661. The Balaban J connectivity index is 2.47. The van der Waals surface area contributed by atoms with E-state index in [4.69, 9.17) is 5.73 Å². The zero-order valence-corrected chi connectivity index (χ0v) is 6.80. The molecule has 73 valence electrons. The van der Waals surface area contributed by atoms with E-state index < -0.39 is 24.3 Å². The van der Waals surface area contributed by atoms with Crippen molar-refractivity contribution >= 4 is 11.8 Å². The third-order valence-electron chi connectivity index (χ3n) is 1.75. The highest BCUT2D eigenvalue weighted by Crippen LogP contribution is 2.26. The van der Waals surface area contributed by atoms with Crippen LogP contribution in [-0.2, 0) is 9.59 Å². The van der Waals surface area contributed by atoms with Gasteiger partial charge in [0.25, 0.3) is 5.92 Å². The van der Waals surface area contributed by atoms with Gasteiger partial charge in [0.15, 0.2) is 0 Å². The lowest BCUT2D eigenvalue weighted by molar-refractivity contribution is -0.130. The fourth-order valence-corrected chi connectivity index (χ4v) is 1.14. The standard InChI is InChI=1S/C7H9F2N2O2/c8-7(9)1-2-11(4-7)6(13)3-5(10)12/h3H,1-2,4H2,(H2,10,12). The van der Waals surface area contributed by atoms with Crippen LogP contribution in [0.4, 0.5) is 8.78 Å². The van der Waals surface area contributed by atoms with Crippen molar-refractivity contribution in [3.05, 3.63) is 6.42 Å². The van der Waals surface area contributed by atoms with Crippen LogP contribution in [0.25, 0.3) is 0 Å². The number of rotatable bonds is 2. The van der Waals surface area contributed by atoms with Gasteiger partial charge in [-0.3, -0.25) is 9.59 Å². The number of carbonyl (C=O) groups excluding carboxylic acids is 2. The first kappa shape index (κ1) is 9.88. The Labute approximate surface area is 73.7 Å². The summed E-state index contributed by atoms with van der Waals surface area (Å²) in [6, 6.07) is 0. The summed E-state index contributed by atoms with van der Waals surface area (Å²) < 4.78 is 25.1. The van der Waals surface area contributed by atoms with Gasteiger partial charge in [0.1, 0.15) is 6.42 Å². The first-order valence-electron chi connectivity index (χ1n) is 3.72. The van der Waals surface area contributed by atoms with Gasteiger partial charge in [-0.1, -0.05) is 0 Å². The highest BCUT2D eigenvalue weighted by Gasteiger charge is 2.40. The molecule has 1 radical (unpaired) electrons. The van der Waals surface area contributed by atoms with Crippen molar-refractivity contribution in [2.75, 3.05) is 13.1 Å². The number of likely N-dealkylation sites (tertiary alicyclic amines) is 1. The monoisotopic (exact) mass is 191 g/mol. The van der Waals surface area contributed by atoms with Crippen LogP contribution in [-0.4, -0.2) is 35.7 Å². The minimum absolute atomic E-state index is 0.0321. The number of hydrogen-bond donors (Lipinski definition) is 1. The third kappa shape index (κ3) is 2.64. The summed E-state index contributed by atoms with van der Waals surface area (Å²) in [6.07, 6.45) is 0.257. The maximum atomic E-state index is 12.6. The predicted octanol–water partition coefficient (Wildman–Crippen LogP) is -0.456. The molecule has 0 spiro atoms. The summed E-state index contributed by atoms with van der Waals surface area (Å²) in [5.41, 5.74) is 4.70. The van der Waals surface area contributed by atoms with Gasteiger partial charge >= 0.3 is 0 Å². The third-order valence-corrected chi connectivity index (χ3v) is 1.75. The number of alkyl halides is 2. The molecule has 6 heteroatoms. The van der Waals surface area contributed by atoms with Crippen LogP contribution in [0.5, 0.6) is 0 Å². The van der Waals surface area contributed by atoms with Crippen molar-refractivity contribution in [3.63, 3.8) is 0 Å². The van der Waals surface area contributed by atoms with Crippen molar-refractivity contribution in [3.8, 4) is 0 Å². The Morgan fingerprint density at radius 1 is 1.46 bits per heavy atom. The second-order valence-electron chi connectivity index (χ2n) is 2.91. The number of nitrogens with two attached hydrogens (primary N) is 1. The van der Waals surface area contributed by atoms with Crippen LogP contribution in [0.2, 0.25) is 0 Å². The molecule has 0 atom stereocenters. The number of primary amides is 1. The number of amides is 2. The van der Waals surface area contributed by atoms with E-state index in [0.717, 1.165) is 4.90 Å². The smallest absolute Gasteiger partial charge is 0.267 e. The second-order valence-corrected chi connectivity index (χ2v) is 2.91. The Hall–Kier alpha value is -1.20. The molecule has 0 aromatic heterocycles. The quantitative estimate of drug-likeness (QED) is 0.600. The molecule has 0 bridgehead atoms. The van der Waals surface area contributed by atoms with E-state index in [1.54, 1.807) is 0 Å². The normalized spacial score (nSPS) is 20.3. The molecule has 0 aromatic carbocycles. The molecule has 1 aliphatic heterocycles. The van der Waals surface area contributed by atoms with E-state index in [9.17, 15) is 18.4 Å². The van der Waals surface area contributed by atoms with Crippen LogP contribution in [0.15, 0.2) is 0 Å². The zero-order chi connectivity index (χ0) is 10.1. The van der Waals surface area contributed by atoms with Gasteiger partial charge in [-0.25, -0.2) is 8.78 Å². The molecule has 0 aliphatic carbocycles. The van der Waals surface area contributed by atoms with Crippen molar-refractivity contribution in [1.82, 2.24) is 4.90 Å². The van der Waals surface area contributed by atoms with Gasteiger partial charge in [-0.05, 0) is 0 Å². The molecule has 13 heavy (non-hydrogen) atoms. The van der Waals surface area contributed by atoms with Crippen LogP contribution in [0, 0.1) is 6.42 Å². The summed E-state index contributed by atoms with van der Waals surface area (Å²) in [4.78, 5) is 22.1. The maximum absolute atomic E-state index is 12.6. The summed E-state index contributed by atoms with van der Waals surface area (Å²) in [5, 5.41) is 0. The molecule has 1 saturated heterocycles.